The van der Waals surface area contributed by atoms with Gasteiger partial charge in [-0.1, -0.05) is 55.5 Å². The molecule has 8 nitrogen and oxygen atoms in total. The van der Waals surface area contributed by atoms with E-state index in [4.69, 9.17) is 9.47 Å². The molecule has 0 saturated carbocycles. The Hall–Kier alpha value is -4.46. The zero-order valence-electron chi connectivity index (χ0n) is 18.3. The molecule has 0 aliphatic rings. The number of carboxylic acids is 1. The minimum absolute atomic E-state index is 0.0810. The molecule has 2 atom stereocenters. The highest BCUT2D eigenvalue weighted by Gasteiger charge is 2.41. The van der Waals surface area contributed by atoms with Crippen LogP contribution in [0.4, 0.5) is 5.69 Å². The Labute approximate surface area is 196 Å². The van der Waals surface area contributed by atoms with E-state index in [9.17, 15) is 24.3 Å². The van der Waals surface area contributed by atoms with Gasteiger partial charge in [0.05, 0.1) is 11.1 Å². The SMILES string of the molecule is CCc1ccc(NC(=O)C(OC(=O)c2ccccc2)C(OC(=O)c2ccccc2)C(=O)O)cc1. The molecular weight excluding hydrogens is 438 g/mol. The molecule has 0 spiro atoms. The van der Waals surface area contributed by atoms with Crippen molar-refractivity contribution in [2.75, 3.05) is 5.32 Å². The highest BCUT2D eigenvalue weighted by atomic mass is 16.6. The van der Waals surface area contributed by atoms with Gasteiger partial charge in [0.25, 0.3) is 5.91 Å². The summed E-state index contributed by atoms with van der Waals surface area (Å²) < 4.78 is 10.4. The summed E-state index contributed by atoms with van der Waals surface area (Å²) in [4.78, 5) is 50.2. The quantitative estimate of drug-likeness (QED) is 0.466. The Morgan fingerprint density at radius 1 is 0.735 bits per heavy atom. The fraction of sp³-hybridized carbons (Fsp3) is 0.154. The molecule has 0 fully saturated rings. The van der Waals surface area contributed by atoms with Crippen LogP contribution >= 0.6 is 0 Å². The minimum Gasteiger partial charge on any atom is -0.478 e. The summed E-state index contributed by atoms with van der Waals surface area (Å²) >= 11 is 0. The molecular formula is C26H23NO7. The van der Waals surface area contributed by atoms with Crippen LogP contribution in [0.1, 0.15) is 33.2 Å². The number of carboxylic acid groups (broad SMARTS) is 1. The van der Waals surface area contributed by atoms with E-state index < -0.39 is 36.0 Å². The highest BCUT2D eigenvalue weighted by molar-refractivity contribution is 6.01. The summed E-state index contributed by atoms with van der Waals surface area (Å²) in [5, 5.41) is 12.3. The maximum Gasteiger partial charge on any atom is 0.349 e. The van der Waals surface area contributed by atoms with Crippen LogP contribution in [0.5, 0.6) is 0 Å². The van der Waals surface area contributed by atoms with Crippen LogP contribution in [-0.4, -0.2) is 41.1 Å². The summed E-state index contributed by atoms with van der Waals surface area (Å²) in [6.07, 6.45) is -3.25. The fourth-order valence-electron chi connectivity index (χ4n) is 3.05. The third-order valence-electron chi connectivity index (χ3n) is 4.89. The summed E-state index contributed by atoms with van der Waals surface area (Å²) in [7, 11) is 0. The second-order valence-corrected chi connectivity index (χ2v) is 7.26. The van der Waals surface area contributed by atoms with E-state index in [2.05, 4.69) is 5.32 Å². The molecule has 0 aliphatic carbocycles. The second-order valence-electron chi connectivity index (χ2n) is 7.26. The average molecular weight is 461 g/mol. The molecule has 34 heavy (non-hydrogen) atoms. The molecule has 0 bridgehead atoms. The number of ether oxygens (including phenoxy) is 2. The molecule has 3 aromatic rings. The smallest absolute Gasteiger partial charge is 0.349 e. The van der Waals surface area contributed by atoms with Gasteiger partial charge in [-0.15, -0.1) is 0 Å². The number of rotatable bonds is 9. The predicted octanol–water partition coefficient (Wildman–Crippen LogP) is 3.72. The minimum atomic E-state index is -2.09. The maximum absolute atomic E-state index is 13.1. The van der Waals surface area contributed by atoms with Crippen molar-refractivity contribution in [3.63, 3.8) is 0 Å². The Balaban J connectivity index is 1.88. The van der Waals surface area contributed by atoms with Gasteiger partial charge >= 0.3 is 17.9 Å². The van der Waals surface area contributed by atoms with E-state index >= 15 is 0 Å². The number of hydrogen-bond acceptors (Lipinski definition) is 6. The number of aryl methyl sites for hydroxylation is 1. The van der Waals surface area contributed by atoms with Gasteiger partial charge in [-0.3, -0.25) is 4.79 Å². The molecule has 174 valence electrons. The second kappa shape index (κ2) is 11.4. The Kier molecular flexibility index (Phi) is 8.12. The van der Waals surface area contributed by atoms with E-state index in [1.807, 2.05) is 6.92 Å². The molecule has 0 aromatic heterocycles. The number of nitrogens with one attached hydrogen (secondary N) is 1. The number of benzene rings is 3. The lowest BCUT2D eigenvalue weighted by molar-refractivity contribution is -0.157. The van der Waals surface area contributed by atoms with Crippen molar-refractivity contribution in [3.05, 3.63) is 102 Å². The summed E-state index contributed by atoms with van der Waals surface area (Å²) in [6, 6.07) is 22.3. The van der Waals surface area contributed by atoms with Crippen molar-refractivity contribution in [1.29, 1.82) is 0 Å². The first-order valence-corrected chi connectivity index (χ1v) is 10.5. The highest BCUT2D eigenvalue weighted by Crippen LogP contribution is 2.16. The molecule has 0 aliphatic heterocycles. The first kappa shape index (κ1) is 24.2. The van der Waals surface area contributed by atoms with Crippen molar-refractivity contribution < 1.29 is 33.8 Å². The van der Waals surface area contributed by atoms with Crippen LogP contribution in [0.2, 0.25) is 0 Å². The lowest BCUT2D eigenvalue weighted by atomic mass is 10.1. The van der Waals surface area contributed by atoms with Gasteiger partial charge in [0.15, 0.2) is 0 Å². The molecule has 8 heteroatoms. The summed E-state index contributed by atoms with van der Waals surface area (Å²) in [5.74, 6) is -4.52. The largest absolute Gasteiger partial charge is 0.478 e. The van der Waals surface area contributed by atoms with Crippen LogP contribution in [-0.2, 0) is 25.5 Å². The van der Waals surface area contributed by atoms with Gasteiger partial charge in [0.2, 0.25) is 12.2 Å². The van der Waals surface area contributed by atoms with Crippen LogP contribution in [0.15, 0.2) is 84.9 Å². The lowest BCUT2D eigenvalue weighted by Crippen LogP contribution is -2.48. The zero-order chi connectivity index (χ0) is 24.5. The van der Waals surface area contributed by atoms with Gasteiger partial charge in [0, 0.05) is 5.69 Å². The summed E-state index contributed by atoms with van der Waals surface area (Å²) in [5.41, 5.74) is 1.58. The van der Waals surface area contributed by atoms with E-state index in [1.165, 1.54) is 24.3 Å². The van der Waals surface area contributed by atoms with E-state index in [1.54, 1.807) is 60.7 Å². The van der Waals surface area contributed by atoms with E-state index in [-0.39, 0.29) is 11.1 Å². The molecule has 0 saturated heterocycles. The molecule has 0 heterocycles. The monoisotopic (exact) mass is 461 g/mol. The van der Waals surface area contributed by atoms with Crippen molar-refractivity contribution in [3.8, 4) is 0 Å². The predicted molar refractivity (Wildman–Crippen MR) is 123 cm³/mol. The maximum atomic E-state index is 13.1. The molecule has 0 radical (unpaired) electrons. The topological polar surface area (TPSA) is 119 Å². The average Bonchev–Trinajstić information content (AvgIpc) is 2.87. The number of amides is 1. The number of carbonyl (C=O) groups excluding carboxylic acids is 3. The van der Waals surface area contributed by atoms with Crippen LogP contribution in [0.25, 0.3) is 0 Å². The molecule has 3 aromatic carbocycles. The van der Waals surface area contributed by atoms with Crippen LogP contribution in [0, 0.1) is 0 Å². The number of carbonyl (C=O) groups is 4. The first-order valence-electron chi connectivity index (χ1n) is 10.5. The van der Waals surface area contributed by atoms with Gasteiger partial charge < -0.3 is 19.9 Å². The Morgan fingerprint density at radius 2 is 1.21 bits per heavy atom. The third-order valence-corrected chi connectivity index (χ3v) is 4.89. The first-order chi connectivity index (χ1) is 16.4. The number of hydrogen-bond donors (Lipinski definition) is 2. The number of anilines is 1. The summed E-state index contributed by atoms with van der Waals surface area (Å²) in [6.45, 7) is 1.98. The van der Waals surface area contributed by atoms with Gasteiger partial charge in [0.1, 0.15) is 0 Å². The molecule has 1 amide bonds. The van der Waals surface area contributed by atoms with Crippen molar-refractivity contribution in [1.82, 2.24) is 0 Å². The lowest BCUT2D eigenvalue weighted by Gasteiger charge is -2.23. The Bertz CT molecular complexity index is 1140. The van der Waals surface area contributed by atoms with E-state index in [0.717, 1.165) is 12.0 Å². The zero-order valence-corrected chi connectivity index (χ0v) is 18.3. The molecule has 3 rings (SSSR count). The third kappa shape index (κ3) is 6.29. The fourth-order valence-corrected chi connectivity index (χ4v) is 3.05. The molecule has 2 unspecified atom stereocenters. The Morgan fingerprint density at radius 3 is 1.65 bits per heavy atom. The number of aliphatic carboxylic acids is 1. The van der Waals surface area contributed by atoms with Gasteiger partial charge in [-0.2, -0.15) is 0 Å². The van der Waals surface area contributed by atoms with Crippen LogP contribution in [0.3, 0.4) is 0 Å². The van der Waals surface area contributed by atoms with Crippen molar-refractivity contribution in [2.24, 2.45) is 0 Å². The molecule has 2 N–H and O–H groups in total. The van der Waals surface area contributed by atoms with Crippen molar-refractivity contribution in [2.45, 2.75) is 25.6 Å². The standard InChI is InChI=1S/C26H23NO7/c1-2-17-13-15-20(16-14-17)27-23(28)21(33-25(31)18-9-5-3-6-10-18)22(24(29)30)34-26(32)19-11-7-4-8-12-19/h3-16,21-22H,2H2,1H3,(H,27,28)(H,29,30). The van der Waals surface area contributed by atoms with Crippen molar-refractivity contribution >= 4 is 29.5 Å². The normalized spacial score (nSPS) is 12.1. The van der Waals surface area contributed by atoms with E-state index in [0.29, 0.717) is 5.69 Å². The van der Waals surface area contributed by atoms with Gasteiger partial charge in [-0.05, 0) is 48.4 Å². The number of esters is 2. The van der Waals surface area contributed by atoms with Gasteiger partial charge in [-0.25, -0.2) is 14.4 Å². The van der Waals surface area contributed by atoms with Crippen LogP contribution < -0.4 is 5.32 Å².